The fourth-order valence-corrected chi connectivity index (χ4v) is 2.03. The first-order valence-electron chi connectivity index (χ1n) is 8.39. The van der Waals surface area contributed by atoms with Gasteiger partial charge < -0.3 is 9.47 Å². The van der Waals surface area contributed by atoms with Crippen molar-refractivity contribution in [1.29, 1.82) is 0 Å². The van der Waals surface area contributed by atoms with E-state index in [-0.39, 0.29) is 11.8 Å². The molecular formula is C18H26N2O3. The van der Waals surface area contributed by atoms with E-state index >= 15 is 0 Å². The summed E-state index contributed by atoms with van der Waals surface area (Å²) in [5, 5.41) is 4.19. The molecule has 1 aliphatic rings. The van der Waals surface area contributed by atoms with Crippen molar-refractivity contribution in [3.8, 4) is 11.5 Å². The fourth-order valence-electron chi connectivity index (χ4n) is 2.03. The van der Waals surface area contributed by atoms with Crippen LogP contribution in [-0.4, -0.2) is 24.8 Å². The second-order valence-corrected chi connectivity index (χ2v) is 5.81. The number of hydrogen-bond acceptors (Lipinski definition) is 4. The molecule has 0 aliphatic heterocycles. The third-order valence-electron chi connectivity index (χ3n) is 3.57. The van der Waals surface area contributed by atoms with Gasteiger partial charge >= 0.3 is 0 Å². The first-order chi connectivity index (χ1) is 11.2. The average Bonchev–Trinajstić information content (AvgIpc) is 3.41. The number of nitrogens with one attached hydrogen (secondary N) is 1. The maximum atomic E-state index is 11.7. The first-order valence-corrected chi connectivity index (χ1v) is 8.39. The molecule has 1 aromatic carbocycles. The Balaban J connectivity index is 2.10. The van der Waals surface area contributed by atoms with E-state index in [9.17, 15) is 4.79 Å². The van der Waals surface area contributed by atoms with E-state index in [1.54, 1.807) is 0 Å². The van der Waals surface area contributed by atoms with Crippen LogP contribution in [0.4, 0.5) is 0 Å². The van der Waals surface area contributed by atoms with Crippen LogP contribution < -0.4 is 14.9 Å². The van der Waals surface area contributed by atoms with Gasteiger partial charge in [0.25, 0.3) is 0 Å². The summed E-state index contributed by atoms with van der Waals surface area (Å²) in [5.41, 5.74) is 4.30. The predicted molar refractivity (Wildman–Crippen MR) is 91.1 cm³/mol. The molecule has 0 bridgehead atoms. The summed E-state index contributed by atoms with van der Waals surface area (Å²) < 4.78 is 11.5. The largest absolute Gasteiger partial charge is 0.490 e. The minimum atomic E-state index is 0.00899. The molecule has 0 heterocycles. The Morgan fingerprint density at radius 2 is 1.83 bits per heavy atom. The van der Waals surface area contributed by atoms with Crippen LogP contribution in [0.1, 0.15) is 52.0 Å². The Kier molecular flexibility index (Phi) is 6.44. The smallest absolute Gasteiger partial charge is 0.243 e. The van der Waals surface area contributed by atoms with Gasteiger partial charge in [0.05, 0.1) is 18.9 Å². The summed E-state index contributed by atoms with van der Waals surface area (Å²) in [4.78, 5) is 11.7. The van der Waals surface area contributed by atoms with E-state index in [1.165, 1.54) is 0 Å². The van der Waals surface area contributed by atoms with E-state index in [0.29, 0.717) is 13.2 Å². The molecule has 0 aromatic heterocycles. The van der Waals surface area contributed by atoms with Gasteiger partial charge in [0, 0.05) is 11.5 Å². The van der Waals surface area contributed by atoms with E-state index in [2.05, 4.69) is 24.4 Å². The topological polar surface area (TPSA) is 59.9 Å². The van der Waals surface area contributed by atoms with Gasteiger partial charge in [-0.1, -0.05) is 13.8 Å². The summed E-state index contributed by atoms with van der Waals surface area (Å²) in [6.07, 6.45) is 3.82. The van der Waals surface area contributed by atoms with Crippen LogP contribution in [-0.2, 0) is 4.79 Å². The van der Waals surface area contributed by atoms with Crippen molar-refractivity contribution >= 4 is 11.6 Å². The maximum absolute atomic E-state index is 11.7. The van der Waals surface area contributed by atoms with Crippen LogP contribution in [0.3, 0.4) is 0 Å². The first kappa shape index (κ1) is 17.3. The van der Waals surface area contributed by atoms with Gasteiger partial charge in [0.15, 0.2) is 11.5 Å². The van der Waals surface area contributed by atoms with Gasteiger partial charge in [-0.2, -0.15) is 5.10 Å². The van der Waals surface area contributed by atoms with Gasteiger partial charge in [-0.05, 0) is 50.8 Å². The summed E-state index contributed by atoms with van der Waals surface area (Å²) in [5.74, 6) is 1.63. The summed E-state index contributed by atoms with van der Waals surface area (Å²) in [6.45, 7) is 7.31. The lowest BCUT2D eigenvalue weighted by Gasteiger charge is -2.13. The highest BCUT2D eigenvalue weighted by molar-refractivity contribution is 5.99. The molecule has 1 amide bonds. The lowest BCUT2D eigenvalue weighted by atomic mass is 10.1. The number of hydrogen-bond donors (Lipinski definition) is 1. The fraction of sp³-hybridized carbons (Fsp3) is 0.556. The number of ether oxygens (including phenoxy) is 2. The van der Waals surface area contributed by atoms with Crippen molar-refractivity contribution in [3.63, 3.8) is 0 Å². The highest BCUT2D eigenvalue weighted by Crippen LogP contribution is 2.30. The SMILES string of the molecule is CCCOc1ccc(/C(C)=N\NC(=O)C2CC2)cc1OCCC. The van der Waals surface area contributed by atoms with Gasteiger partial charge in [-0.15, -0.1) is 0 Å². The molecule has 1 N–H and O–H groups in total. The molecule has 5 nitrogen and oxygen atoms in total. The number of benzene rings is 1. The number of rotatable bonds is 9. The molecule has 5 heteroatoms. The number of nitrogens with zero attached hydrogens (tertiary/aromatic N) is 1. The monoisotopic (exact) mass is 318 g/mol. The second kappa shape index (κ2) is 8.56. The van der Waals surface area contributed by atoms with E-state index in [1.807, 2.05) is 25.1 Å². The highest BCUT2D eigenvalue weighted by atomic mass is 16.5. The zero-order valence-corrected chi connectivity index (χ0v) is 14.2. The molecule has 1 saturated carbocycles. The van der Waals surface area contributed by atoms with Gasteiger partial charge in [0.1, 0.15) is 0 Å². The van der Waals surface area contributed by atoms with Crippen molar-refractivity contribution in [2.24, 2.45) is 11.0 Å². The lowest BCUT2D eigenvalue weighted by Crippen LogP contribution is -2.20. The Hall–Kier alpha value is -2.04. The Bertz CT molecular complexity index is 565. The minimum Gasteiger partial charge on any atom is -0.490 e. The molecule has 0 radical (unpaired) electrons. The number of amides is 1. The van der Waals surface area contributed by atoms with Crippen LogP contribution in [0.2, 0.25) is 0 Å². The molecule has 1 aliphatic carbocycles. The summed E-state index contributed by atoms with van der Waals surface area (Å²) in [6, 6.07) is 5.76. The van der Waals surface area contributed by atoms with Crippen LogP contribution >= 0.6 is 0 Å². The van der Waals surface area contributed by atoms with Crippen molar-refractivity contribution in [2.45, 2.75) is 46.5 Å². The highest BCUT2D eigenvalue weighted by Gasteiger charge is 2.29. The lowest BCUT2D eigenvalue weighted by molar-refractivity contribution is -0.122. The third-order valence-corrected chi connectivity index (χ3v) is 3.57. The van der Waals surface area contributed by atoms with Crippen molar-refractivity contribution in [1.82, 2.24) is 5.43 Å². The van der Waals surface area contributed by atoms with Crippen LogP contribution in [0.15, 0.2) is 23.3 Å². The van der Waals surface area contributed by atoms with E-state index < -0.39 is 0 Å². The molecule has 1 fully saturated rings. The molecular weight excluding hydrogens is 292 g/mol. The van der Waals surface area contributed by atoms with Crippen LogP contribution in [0.5, 0.6) is 11.5 Å². The van der Waals surface area contributed by atoms with Gasteiger partial charge in [-0.25, -0.2) is 5.43 Å². The van der Waals surface area contributed by atoms with Gasteiger partial charge in [0.2, 0.25) is 5.91 Å². The zero-order chi connectivity index (χ0) is 16.7. The standard InChI is InChI=1S/C18H26N2O3/c1-4-10-22-16-9-8-15(12-17(16)23-11-5-2)13(3)19-20-18(21)14-6-7-14/h8-9,12,14H,4-7,10-11H2,1-3H3,(H,20,21)/b19-13-. The maximum Gasteiger partial charge on any atom is 0.243 e. The minimum absolute atomic E-state index is 0.00899. The second-order valence-electron chi connectivity index (χ2n) is 5.81. The number of carbonyl (C=O) groups is 1. The van der Waals surface area contributed by atoms with Gasteiger partial charge in [-0.3, -0.25) is 4.79 Å². The molecule has 0 saturated heterocycles. The van der Waals surface area contributed by atoms with Crippen LogP contribution in [0.25, 0.3) is 0 Å². The molecule has 0 atom stereocenters. The molecule has 1 aromatic rings. The third kappa shape index (κ3) is 5.27. The summed E-state index contributed by atoms with van der Waals surface area (Å²) in [7, 11) is 0. The van der Waals surface area contributed by atoms with E-state index in [0.717, 1.165) is 48.5 Å². The average molecular weight is 318 g/mol. The molecule has 0 spiro atoms. The molecule has 126 valence electrons. The summed E-state index contributed by atoms with van der Waals surface area (Å²) >= 11 is 0. The molecule has 0 unspecified atom stereocenters. The Morgan fingerprint density at radius 1 is 1.17 bits per heavy atom. The normalized spacial score (nSPS) is 14.5. The molecule has 2 rings (SSSR count). The Labute approximate surface area is 138 Å². The van der Waals surface area contributed by atoms with E-state index in [4.69, 9.17) is 9.47 Å². The quantitative estimate of drug-likeness (QED) is 0.560. The zero-order valence-electron chi connectivity index (χ0n) is 14.2. The van der Waals surface area contributed by atoms with Crippen molar-refractivity contribution < 1.29 is 14.3 Å². The van der Waals surface area contributed by atoms with Crippen molar-refractivity contribution in [3.05, 3.63) is 23.8 Å². The number of hydrazone groups is 1. The predicted octanol–water partition coefficient (Wildman–Crippen LogP) is 3.51. The van der Waals surface area contributed by atoms with Crippen molar-refractivity contribution in [2.75, 3.05) is 13.2 Å². The van der Waals surface area contributed by atoms with Crippen LogP contribution in [0, 0.1) is 5.92 Å². The molecule has 23 heavy (non-hydrogen) atoms. The number of carbonyl (C=O) groups excluding carboxylic acids is 1. The Morgan fingerprint density at radius 3 is 2.43 bits per heavy atom.